The monoisotopic (exact) mass is 342 g/mol. The minimum Gasteiger partial charge on any atom is -0.507 e. The standard InChI is InChI=1S/C14H18O3.C3H8O.Ti/c1-14(2,3)13(16)9-12(15)10-5-7-11(17-4)8-6-10;1-3(2)4;/h5-9,15H,1-4H3;3-4H,1-2H3;/b12-9-;;. The first-order chi connectivity index (χ1) is 9.57. The largest absolute Gasteiger partial charge is 0.507 e. The molecule has 4 nitrogen and oxygen atoms in total. The van der Waals surface area contributed by atoms with E-state index in [0.29, 0.717) is 11.3 Å². The minimum atomic E-state index is -0.486. The van der Waals surface area contributed by atoms with E-state index in [1.54, 1.807) is 45.2 Å². The predicted molar refractivity (Wildman–Crippen MR) is 85.4 cm³/mol. The van der Waals surface area contributed by atoms with Gasteiger partial charge in [0.15, 0.2) is 5.78 Å². The molecule has 0 unspecified atom stereocenters. The number of rotatable bonds is 3. The zero-order valence-electron chi connectivity index (χ0n) is 14.2. The van der Waals surface area contributed by atoms with Gasteiger partial charge in [0.1, 0.15) is 11.5 Å². The molecule has 5 heteroatoms. The molecule has 0 saturated heterocycles. The summed E-state index contributed by atoms with van der Waals surface area (Å²) in [6.07, 6.45) is 1.10. The van der Waals surface area contributed by atoms with Crippen LogP contribution in [0.15, 0.2) is 30.3 Å². The average Bonchev–Trinajstić information content (AvgIpc) is 2.37. The number of ketones is 1. The van der Waals surface area contributed by atoms with E-state index in [0.717, 1.165) is 0 Å². The summed E-state index contributed by atoms with van der Waals surface area (Å²) in [5.41, 5.74) is 0.115. The van der Waals surface area contributed by atoms with Crippen LogP contribution in [0.2, 0.25) is 0 Å². The van der Waals surface area contributed by atoms with Crippen LogP contribution >= 0.6 is 0 Å². The van der Waals surface area contributed by atoms with Crippen molar-refractivity contribution in [3.8, 4) is 5.75 Å². The number of aliphatic hydroxyl groups excluding tert-OH is 2. The molecule has 0 fully saturated rings. The molecule has 0 saturated carbocycles. The number of allylic oxidation sites excluding steroid dienone is 1. The average molecular weight is 342 g/mol. The van der Waals surface area contributed by atoms with E-state index in [9.17, 15) is 9.90 Å². The van der Waals surface area contributed by atoms with Crippen molar-refractivity contribution in [2.24, 2.45) is 5.41 Å². The Kier molecular flexibility index (Phi) is 11.2. The predicted octanol–water partition coefficient (Wildman–Crippen LogP) is 3.59. The molecule has 0 atom stereocenters. The second kappa shape index (κ2) is 10.6. The summed E-state index contributed by atoms with van der Waals surface area (Å²) in [6.45, 7) is 8.88. The summed E-state index contributed by atoms with van der Waals surface area (Å²) < 4.78 is 5.02. The summed E-state index contributed by atoms with van der Waals surface area (Å²) in [5, 5.41) is 17.9. The molecule has 22 heavy (non-hydrogen) atoms. The minimum absolute atomic E-state index is 0. The van der Waals surface area contributed by atoms with Gasteiger partial charge < -0.3 is 14.9 Å². The fraction of sp³-hybridized carbons (Fsp3) is 0.471. The second-order valence-electron chi connectivity index (χ2n) is 5.97. The Bertz CT molecular complexity index is 468. The molecule has 0 heterocycles. The summed E-state index contributed by atoms with van der Waals surface area (Å²) in [6, 6.07) is 6.89. The first-order valence-corrected chi connectivity index (χ1v) is 6.85. The summed E-state index contributed by atoms with van der Waals surface area (Å²) in [7, 11) is 1.58. The molecule has 1 rings (SSSR count). The topological polar surface area (TPSA) is 66.8 Å². The Balaban J connectivity index is 0. The van der Waals surface area contributed by atoms with Gasteiger partial charge in [0, 0.05) is 44.9 Å². The van der Waals surface area contributed by atoms with Crippen molar-refractivity contribution in [3.63, 3.8) is 0 Å². The van der Waals surface area contributed by atoms with Gasteiger partial charge >= 0.3 is 0 Å². The van der Waals surface area contributed by atoms with Crippen LogP contribution in [0.3, 0.4) is 0 Å². The Morgan fingerprint density at radius 1 is 1.18 bits per heavy atom. The molecule has 1 aromatic rings. The van der Waals surface area contributed by atoms with Gasteiger partial charge in [-0.15, -0.1) is 0 Å². The van der Waals surface area contributed by atoms with Crippen molar-refractivity contribution < 1.29 is 41.5 Å². The Morgan fingerprint density at radius 2 is 1.59 bits per heavy atom. The van der Waals surface area contributed by atoms with Crippen LogP contribution in [0.4, 0.5) is 0 Å². The first-order valence-electron chi connectivity index (χ1n) is 6.85. The maximum Gasteiger partial charge on any atom is 0.164 e. The van der Waals surface area contributed by atoms with Crippen LogP contribution in [-0.4, -0.2) is 29.2 Å². The van der Waals surface area contributed by atoms with Gasteiger partial charge in [0.2, 0.25) is 0 Å². The van der Waals surface area contributed by atoms with E-state index in [4.69, 9.17) is 9.84 Å². The van der Waals surface area contributed by atoms with E-state index >= 15 is 0 Å². The quantitative estimate of drug-likeness (QED) is 0.500. The summed E-state index contributed by atoms with van der Waals surface area (Å²) in [4.78, 5) is 11.7. The van der Waals surface area contributed by atoms with E-state index in [1.807, 2.05) is 20.8 Å². The zero-order valence-corrected chi connectivity index (χ0v) is 15.7. The van der Waals surface area contributed by atoms with Gasteiger partial charge in [-0.25, -0.2) is 0 Å². The van der Waals surface area contributed by atoms with Gasteiger partial charge in [0.25, 0.3) is 0 Å². The SMILES string of the molecule is CC(C)O.COc1ccc(/C(O)=C/C(=O)C(C)(C)C)cc1.[Ti]. The third-order valence-corrected chi connectivity index (χ3v) is 2.39. The number of benzene rings is 1. The molecule has 0 aliphatic heterocycles. The molecule has 0 aliphatic carbocycles. The fourth-order valence-corrected chi connectivity index (χ4v) is 1.19. The summed E-state index contributed by atoms with van der Waals surface area (Å²) >= 11 is 0. The Morgan fingerprint density at radius 3 is 1.91 bits per heavy atom. The van der Waals surface area contributed by atoms with E-state index in [1.165, 1.54) is 6.08 Å². The van der Waals surface area contributed by atoms with Crippen LogP contribution in [0.25, 0.3) is 5.76 Å². The van der Waals surface area contributed by atoms with Gasteiger partial charge in [-0.1, -0.05) is 20.8 Å². The van der Waals surface area contributed by atoms with Crippen molar-refractivity contribution in [3.05, 3.63) is 35.9 Å². The second-order valence-corrected chi connectivity index (χ2v) is 5.97. The van der Waals surface area contributed by atoms with E-state index in [2.05, 4.69) is 0 Å². The number of ether oxygens (including phenoxy) is 1. The van der Waals surface area contributed by atoms with E-state index in [-0.39, 0.29) is 39.4 Å². The van der Waals surface area contributed by atoms with Gasteiger partial charge in [-0.2, -0.15) is 0 Å². The Hall–Kier alpha value is -1.10. The fourth-order valence-electron chi connectivity index (χ4n) is 1.19. The van der Waals surface area contributed by atoms with Crippen molar-refractivity contribution in [1.82, 2.24) is 0 Å². The molecule has 0 radical (unpaired) electrons. The molecule has 122 valence electrons. The number of methoxy groups -OCH3 is 1. The maximum absolute atomic E-state index is 11.7. The Labute approximate surface area is 148 Å². The molecule has 2 N–H and O–H groups in total. The van der Waals surface area contributed by atoms with Crippen molar-refractivity contribution in [1.29, 1.82) is 0 Å². The van der Waals surface area contributed by atoms with Crippen LogP contribution in [-0.2, 0) is 26.5 Å². The molecule has 1 aromatic carbocycles. The van der Waals surface area contributed by atoms with Crippen LogP contribution < -0.4 is 4.74 Å². The van der Waals surface area contributed by atoms with Crippen LogP contribution in [0.1, 0.15) is 40.2 Å². The normalized spacial score (nSPS) is 11.2. The third-order valence-electron chi connectivity index (χ3n) is 2.39. The maximum atomic E-state index is 11.7. The smallest absolute Gasteiger partial charge is 0.164 e. The number of aliphatic hydroxyl groups is 2. The number of carbonyl (C=O) groups is 1. The van der Waals surface area contributed by atoms with E-state index < -0.39 is 5.41 Å². The number of hydrogen-bond acceptors (Lipinski definition) is 4. The van der Waals surface area contributed by atoms with Crippen molar-refractivity contribution in [2.75, 3.05) is 7.11 Å². The van der Waals surface area contributed by atoms with Crippen molar-refractivity contribution in [2.45, 2.75) is 40.7 Å². The molecule has 0 aromatic heterocycles. The van der Waals surface area contributed by atoms with Crippen LogP contribution in [0.5, 0.6) is 5.75 Å². The molecule has 0 spiro atoms. The zero-order chi connectivity index (χ0) is 16.6. The molecule has 0 bridgehead atoms. The third kappa shape index (κ3) is 9.77. The molecular formula is C17H26O4Ti. The first kappa shape index (κ1) is 23.2. The number of carbonyl (C=O) groups excluding carboxylic acids is 1. The number of hydrogen-bond donors (Lipinski definition) is 2. The molecular weight excluding hydrogens is 316 g/mol. The summed E-state index contributed by atoms with van der Waals surface area (Å²) in [5.74, 6) is 0.585. The van der Waals surface area contributed by atoms with Crippen LogP contribution in [0, 0.1) is 5.41 Å². The molecule has 0 amide bonds. The van der Waals surface area contributed by atoms with Gasteiger partial charge in [0.05, 0.1) is 7.11 Å². The molecule has 0 aliphatic rings. The van der Waals surface area contributed by atoms with Gasteiger partial charge in [-0.05, 0) is 38.1 Å². The van der Waals surface area contributed by atoms with Crippen molar-refractivity contribution >= 4 is 11.5 Å². The van der Waals surface area contributed by atoms with Gasteiger partial charge in [-0.3, -0.25) is 4.79 Å².